The van der Waals surface area contributed by atoms with Crippen molar-refractivity contribution in [3.63, 3.8) is 0 Å². The molecule has 3 rings (SSSR count). The fourth-order valence-electron chi connectivity index (χ4n) is 4.25. The fourth-order valence-corrected chi connectivity index (χ4v) is 4.25. The van der Waals surface area contributed by atoms with Gasteiger partial charge in [-0.2, -0.15) is 0 Å². The predicted molar refractivity (Wildman–Crippen MR) is 119 cm³/mol. The Kier molecular flexibility index (Phi) is 6.08. The summed E-state index contributed by atoms with van der Waals surface area (Å²) >= 11 is 0. The highest BCUT2D eigenvalue weighted by atomic mass is 16.2. The third-order valence-corrected chi connectivity index (χ3v) is 5.65. The molecule has 0 saturated carbocycles. The molecule has 158 valence electrons. The average molecular weight is 408 g/mol. The summed E-state index contributed by atoms with van der Waals surface area (Å²) in [6.07, 6.45) is 0.0684. The van der Waals surface area contributed by atoms with E-state index in [2.05, 4.69) is 5.32 Å². The average Bonchev–Trinajstić information content (AvgIpc) is 2.93. The van der Waals surface area contributed by atoms with Crippen LogP contribution in [0.3, 0.4) is 0 Å². The largest absolute Gasteiger partial charge is 0.324 e. The second-order valence-corrected chi connectivity index (χ2v) is 8.26. The van der Waals surface area contributed by atoms with Gasteiger partial charge >= 0.3 is 0 Å². The lowest BCUT2D eigenvalue weighted by molar-refractivity contribution is -0.123. The Morgan fingerprint density at radius 2 is 1.60 bits per heavy atom. The van der Waals surface area contributed by atoms with Gasteiger partial charge in [0.1, 0.15) is 0 Å². The number of hydrogen-bond donors (Lipinski definition) is 1. The first kappa shape index (κ1) is 21.7. The molecule has 1 unspecified atom stereocenters. The van der Waals surface area contributed by atoms with Gasteiger partial charge in [0, 0.05) is 5.69 Å². The van der Waals surface area contributed by atoms with Gasteiger partial charge in [-0.1, -0.05) is 35.9 Å². The third kappa shape index (κ3) is 4.14. The highest BCUT2D eigenvalue weighted by Crippen LogP contribution is 2.31. The number of imide groups is 1. The van der Waals surface area contributed by atoms with Crippen molar-refractivity contribution in [1.82, 2.24) is 4.90 Å². The van der Waals surface area contributed by atoms with Gasteiger partial charge < -0.3 is 5.32 Å². The Balaban J connectivity index is 1.73. The van der Waals surface area contributed by atoms with Gasteiger partial charge in [-0.05, 0) is 63.9 Å². The maximum Gasteiger partial charge on any atom is 0.251 e. The number of likely N-dealkylation sites (N-methyl/N-ethyl adjacent to an activating group) is 1. The van der Waals surface area contributed by atoms with Crippen molar-refractivity contribution in [2.45, 2.75) is 47.1 Å². The third-order valence-electron chi connectivity index (χ3n) is 5.65. The summed E-state index contributed by atoms with van der Waals surface area (Å²) < 4.78 is 0. The maximum atomic E-state index is 13.1. The van der Waals surface area contributed by atoms with Gasteiger partial charge in [0.15, 0.2) is 0 Å². The number of benzene rings is 2. The molecule has 1 saturated heterocycles. The molecule has 1 atom stereocenters. The van der Waals surface area contributed by atoms with Crippen LogP contribution in [0.2, 0.25) is 0 Å². The zero-order valence-electron chi connectivity index (χ0n) is 18.5. The second kappa shape index (κ2) is 8.40. The van der Waals surface area contributed by atoms with Crippen molar-refractivity contribution in [3.8, 4) is 0 Å². The lowest BCUT2D eigenvalue weighted by atomic mass is 10.1. The minimum absolute atomic E-state index is 0.0248. The maximum absolute atomic E-state index is 13.1. The molecule has 1 heterocycles. The van der Waals surface area contributed by atoms with Crippen LogP contribution in [-0.4, -0.2) is 42.3 Å². The molecule has 0 radical (unpaired) electrons. The SMILES string of the molecule is Cc1cc(C)c(NC(=O)CN(C)C2CC(=O)N(c3c(C)cccc3C)C2=O)c(C)c1. The van der Waals surface area contributed by atoms with Crippen molar-refractivity contribution in [2.24, 2.45) is 0 Å². The van der Waals surface area contributed by atoms with Crippen molar-refractivity contribution in [2.75, 3.05) is 23.8 Å². The van der Waals surface area contributed by atoms with E-state index in [0.29, 0.717) is 5.69 Å². The Hall–Kier alpha value is -2.99. The number of nitrogens with zero attached hydrogens (tertiary/aromatic N) is 2. The topological polar surface area (TPSA) is 69.7 Å². The first-order chi connectivity index (χ1) is 14.1. The van der Waals surface area contributed by atoms with Gasteiger partial charge in [0.2, 0.25) is 11.8 Å². The molecular weight excluding hydrogens is 378 g/mol. The van der Waals surface area contributed by atoms with E-state index in [1.165, 1.54) is 4.90 Å². The normalized spacial score (nSPS) is 16.5. The van der Waals surface area contributed by atoms with E-state index in [9.17, 15) is 14.4 Å². The van der Waals surface area contributed by atoms with Crippen LogP contribution < -0.4 is 10.2 Å². The van der Waals surface area contributed by atoms with E-state index in [1.54, 1.807) is 11.9 Å². The van der Waals surface area contributed by atoms with Crippen LogP contribution in [0.4, 0.5) is 11.4 Å². The first-order valence-corrected chi connectivity index (χ1v) is 10.1. The minimum Gasteiger partial charge on any atom is -0.324 e. The molecule has 1 N–H and O–H groups in total. The Morgan fingerprint density at radius 1 is 1.03 bits per heavy atom. The Labute approximate surface area is 177 Å². The fraction of sp³-hybridized carbons (Fsp3) is 0.375. The van der Waals surface area contributed by atoms with Crippen LogP contribution in [0.25, 0.3) is 0 Å². The van der Waals surface area contributed by atoms with E-state index in [-0.39, 0.29) is 30.7 Å². The Morgan fingerprint density at radius 3 is 2.17 bits per heavy atom. The van der Waals surface area contributed by atoms with Gasteiger partial charge in [-0.25, -0.2) is 4.90 Å². The van der Waals surface area contributed by atoms with Crippen molar-refractivity contribution >= 4 is 29.1 Å². The smallest absolute Gasteiger partial charge is 0.251 e. The van der Waals surface area contributed by atoms with E-state index >= 15 is 0 Å². The monoisotopic (exact) mass is 407 g/mol. The number of hydrogen-bond acceptors (Lipinski definition) is 4. The van der Waals surface area contributed by atoms with Crippen LogP contribution in [0.15, 0.2) is 30.3 Å². The summed E-state index contributed by atoms with van der Waals surface area (Å²) in [5.74, 6) is -0.728. The molecular formula is C24H29N3O3. The van der Waals surface area contributed by atoms with E-state index in [4.69, 9.17) is 0 Å². The van der Waals surface area contributed by atoms with Crippen LogP contribution in [0.1, 0.15) is 34.2 Å². The molecule has 3 amide bonds. The lowest BCUT2D eigenvalue weighted by Crippen LogP contribution is -2.43. The molecule has 1 fully saturated rings. The van der Waals surface area contributed by atoms with E-state index < -0.39 is 6.04 Å². The summed E-state index contributed by atoms with van der Waals surface area (Å²) in [5.41, 5.74) is 6.34. The summed E-state index contributed by atoms with van der Waals surface area (Å²) in [7, 11) is 1.71. The second-order valence-electron chi connectivity index (χ2n) is 8.26. The van der Waals surface area contributed by atoms with Gasteiger partial charge in [-0.15, -0.1) is 0 Å². The number of rotatable bonds is 5. The lowest BCUT2D eigenvalue weighted by Gasteiger charge is -2.24. The summed E-state index contributed by atoms with van der Waals surface area (Å²) in [6, 6.07) is 9.07. The number of anilines is 2. The number of amides is 3. The molecule has 30 heavy (non-hydrogen) atoms. The van der Waals surface area contributed by atoms with Crippen molar-refractivity contribution in [3.05, 3.63) is 58.1 Å². The zero-order valence-corrected chi connectivity index (χ0v) is 18.5. The van der Waals surface area contributed by atoms with Crippen molar-refractivity contribution < 1.29 is 14.4 Å². The number of nitrogens with one attached hydrogen (secondary N) is 1. The highest BCUT2D eigenvalue weighted by Gasteiger charge is 2.42. The quantitative estimate of drug-likeness (QED) is 0.771. The van der Waals surface area contributed by atoms with Crippen LogP contribution in [0, 0.1) is 34.6 Å². The molecule has 0 bridgehead atoms. The first-order valence-electron chi connectivity index (χ1n) is 10.1. The summed E-state index contributed by atoms with van der Waals surface area (Å²) in [5, 5.41) is 2.96. The summed E-state index contributed by atoms with van der Waals surface area (Å²) in [6.45, 7) is 9.74. The predicted octanol–water partition coefficient (Wildman–Crippen LogP) is 3.43. The molecule has 2 aromatic carbocycles. The highest BCUT2D eigenvalue weighted by molar-refractivity contribution is 6.23. The van der Waals surface area contributed by atoms with E-state index in [0.717, 1.165) is 33.5 Å². The molecule has 0 aliphatic carbocycles. The standard InChI is InChI=1S/C24H29N3O3/c1-14-10-17(4)22(18(5)11-14)25-20(28)13-26(6)19-12-21(29)27(24(19)30)23-15(2)8-7-9-16(23)3/h7-11,19H,12-13H2,1-6H3,(H,25,28). The van der Waals surface area contributed by atoms with Gasteiger partial charge in [-0.3, -0.25) is 19.3 Å². The molecule has 0 spiro atoms. The zero-order chi connectivity index (χ0) is 22.2. The van der Waals surface area contributed by atoms with Crippen molar-refractivity contribution in [1.29, 1.82) is 0 Å². The number of aryl methyl sites for hydroxylation is 5. The summed E-state index contributed by atoms with van der Waals surface area (Å²) in [4.78, 5) is 41.3. The number of carbonyl (C=O) groups is 3. The number of carbonyl (C=O) groups excluding carboxylic acids is 3. The van der Waals surface area contributed by atoms with Gasteiger partial charge in [0.25, 0.3) is 5.91 Å². The molecule has 1 aliphatic rings. The van der Waals surface area contributed by atoms with Gasteiger partial charge in [0.05, 0.1) is 24.7 Å². The molecule has 6 heteroatoms. The minimum atomic E-state index is -0.650. The molecule has 6 nitrogen and oxygen atoms in total. The molecule has 2 aromatic rings. The van der Waals surface area contributed by atoms with Crippen LogP contribution in [0.5, 0.6) is 0 Å². The molecule has 0 aromatic heterocycles. The van der Waals surface area contributed by atoms with Crippen LogP contribution >= 0.6 is 0 Å². The van der Waals surface area contributed by atoms with Crippen LogP contribution in [-0.2, 0) is 14.4 Å². The number of para-hydroxylation sites is 1. The molecule has 1 aliphatic heterocycles. The Bertz CT molecular complexity index is 985. The van der Waals surface area contributed by atoms with E-state index in [1.807, 2.05) is 65.0 Å².